The predicted molar refractivity (Wildman–Crippen MR) is 153 cm³/mol. The number of nitrogens with zero attached hydrogens (tertiary/aromatic N) is 2. The van der Waals surface area contributed by atoms with Crippen molar-refractivity contribution in [2.45, 2.75) is 96.6 Å². The topological polar surface area (TPSA) is 61.3 Å². The second kappa shape index (κ2) is 10.1. The summed E-state index contributed by atoms with van der Waals surface area (Å²) in [6, 6.07) is 9.73. The van der Waals surface area contributed by atoms with Gasteiger partial charge in [0.15, 0.2) is 0 Å². The number of benzene rings is 1. The molecule has 5 heteroatoms. The van der Waals surface area contributed by atoms with Crippen molar-refractivity contribution in [3.8, 4) is 11.3 Å². The number of fused-ring (bicyclic) bond motifs is 1. The third kappa shape index (κ3) is 5.18. The molecular weight excluding hydrogens is 458 g/mol. The highest BCUT2D eigenvalue weighted by molar-refractivity contribution is 5.92. The third-order valence-electron chi connectivity index (χ3n) is 9.30. The van der Waals surface area contributed by atoms with Gasteiger partial charge in [-0.25, -0.2) is 0 Å². The molecule has 0 bridgehead atoms. The van der Waals surface area contributed by atoms with Crippen LogP contribution in [0.5, 0.6) is 0 Å². The summed E-state index contributed by atoms with van der Waals surface area (Å²) in [5.74, 6) is 1.42. The Morgan fingerprint density at radius 2 is 1.70 bits per heavy atom. The molecule has 37 heavy (non-hydrogen) atoms. The van der Waals surface area contributed by atoms with E-state index < -0.39 is 5.60 Å². The highest BCUT2D eigenvalue weighted by atomic mass is 16.3. The number of hydrogen-bond acceptors (Lipinski definition) is 3. The fraction of sp³-hybridized carbons (Fsp3) is 0.594. The summed E-state index contributed by atoms with van der Waals surface area (Å²) in [4.78, 5) is 18.7. The normalized spacial score (nSPS) is 22.3. The first kappa shape index (κ1) is 26.2. The smallest absolute Gasteiger partial charge is 0.253 e. The molecule has 1 aliphatic carbocycles. The SMILES string of the molecule is Cc1cc(-c2[nH]c3ccc(C4CCN(C5CCC(C(C)(C)O)CC5)CC4)cc3c2C(C)C)cn(C)c1=O. The molecule has 1 saturated heterocycles. The maximum absolute atomic E-state index is 12.3. The zero-order valence-corrected chi connectivity index (χ0v) is 23.6. The first-order valence-electron chi connectivity index (χ1n) is 14.3. The highest BCUT2D eigenvalue weighted by Crippen LogP contribution is 2.40. The Balaban J connectivity index is 1.34. The average molecular weight is 504 g/mol. The molecule has 3 heterocycles. The van der Waals surface area contributed by atoms with Gasteiger partial charge in [0.2, 0.25) is 0 Å². The molecule has 0 atom stereocenters. The molecule has 2 fully saturated rings. The van der Waals surface area contributed by atoms with E-state index in [4.69, 9.17) is 0 Å². The van der Waals surface area contributed by atoms with Gasteiger partial charge in [0.05, 0.1) is 11.3 Å². The van der Waals surface area contributed by atoms with E-state index in [9.17, 15) is 9.90 Å². The standard InChI is InChI=1S/C32H45N3O2/c1-20(2)29-27-18-23(7-12-28(27)33-30(29)24-17-21(3)31(36)34(6)19-24)22-13-15-35(16-14-22)26-10-8-25(9-11-26)32(4,5)37/h7,12,17-20,22,25-26,33,37H,8-11,13-16H2,1-6H3. The van der Waals surface area contributed by atoms with E-state index in [0.29, 0.717) is 23.8 Å². The van der Waals surface area contributed by atoms with Gasteiger partial charge in [-0.3, -0.25) is 4.79 Å². The molecule has 0 amide bonds. The summed E-state index contributed by atoms with van der Waals surface area (Å²) in [6.07, 6.45) is 9.12. The molecule has 3 aromatic rings. The van der Waals surface area contributed by atoms with Gasteiger partial charge in [0.1, 0.15) is 0 Å². The molecule has 1 saturated carbocycles. The number of aromatic nitrogens is 2. The van der Waals surface area contributed by atoms with Gasteiger partial charge in [-0.15, -0.1) is 0 Å². The lowest BCUT2D eigenvalue weighted by Gasteiger charge is -2.43. The highest BCUT2D eigenvalue weighted by Gasteiger charge is 2.34. The van der Waals surface area contributed by atoms with Crippen LogP contribution < -0.4 is 5.56 Å². The van der Waals surface area contributed by atoms with Crippen LogP contribution in [-0.4, -0.2) is 44.3 Å². The number of piperidine rings is 1. The zero-order chi connectivity index (χ0) is 26.5. The van der Waals surface area contributed by atoms with E-state index in [1.54, 1.807) is 4.57 Å². The van der Waals surface area contributed by atoms with Crippen molar-refractivity contribution in [3.05, 3.63) is 57.5 Å². The number of aromatic amines is 1. The van der Waals surface area contributed by atoms with E-state index in [0.717, 1.165) is 29.7 Å². The first-order valence-corrected chi connectivity index (χ1v) is 14.3. The van der Waals surface area contributed by atoms with Crippen molar-refractivity contribution in [1.82, 2.24) is 14.5 Å². The minimum Gasteiger partial charge on any atom is -0.390 e. The van der Waals surface area contributed by atoms with E-state index in [1.807, 2.05) is 40.1 Å². The second-order valence-electron chi connectivity index (χ2n) is 12.7. The minimum atomic E-state index is -0.542. The Morgan fingerprint density at radius 3 is 2.30 bits per heavy atom. The molecule has 2 aliphatic rings. The molecule has 1 aromatic carbocycles. The number of aliphatic hydroxyl groups is 1. The molecule has 5 rings (SSSR count). The largest absolute Gasteiger partial charge is 0.390 e. The van der Waals surface area contributed by atoms with Crippen molar-refractivity contribution in [2.24, 2.45) is 13.0 Å². The van der Waals surface area contributed by atoms with Gasteiger partial charge in [-0.2, -0.15) is 0 Å². The Labute approximate surface area is 221 Å². The summed E-state index contributed by atoms with van der Waals surface area (Å²) < 4.78 is 1.69. The second-order valence-corrected chi connectivity index (χ2v) is 12.7. The average Bonchev–Trinajstić information content (AvgIpc) is 3.26. The van der Waals surface area contributed by atoms with Gasteiger partial charge in [0, 0.05) is 41.3 Å². The molecule has 2 N–H and O–H groups in total. The van der Waals surface area contributed by atoms with Crippen molar-refractivity contribution in [2.75, 3.05) is 13.1 Å². The zero-order valence-electron chi connectivity index (χ0n) is 23.6. The van der Waals surface area contributed by atoms with Crippen LogP contribution in [0.2, 0.25) is 0 Å². The Bertz CT molecular complexity index is 1280. The van der Waals surface area contributed by atoms with E-state index in [2.05, 4.69) is 41.9 Å². The van der Waals surface area contributed by atoms with Crippen LogP contribution in [0, 0.1) is 12.8 Å². The van der Waals surface area contributed by atoms with Gasteiger partial charge in [-0.1, -0.05) is 19.9 Å². The van der Waals surface area contributed by atoms with Crippen LogP contribution in [0.15, 0.2) is 35.3 Å². The summed E-state index contributed by atoms with van der Waals surface area (Å²) in [7, 11) is 1.83. The number of aryl methyl sites for hydroxylation is 2. The van der Waals surface area contributed by atoms with Crippen LogP contribution in [0.4, 0.5) is 0 Å². The van der Waals surface area contributed by atoms with Crippen LogP contribution in [-0.2, 0) is 7.05 Å². The number of rotatable bonds is 5. The molecule has 1 aliphatic heterocycles. The maximum atomic E-state index is 12.3. The van der Waals surface area contributed by atoms with Crippen molar-refractivity contribution >= 4 is 10.9 Å². The number of hydrogen-bond donors (Lipinski definition) is 2. The predicted octanol–water partition coefficient (Wildman–Crippen LogP) is 6.47. The molecular formula is C32H45N3O2. The number of nitrogens with one attached hydrogen (secondary N) is 1. The summed E-state index contributed by atoms with van der Waals surface area (Å²) >= 11 is 0. The van der Waals surface area contributed by atoms with Crippen molar-refractivity contribution in [1.29, 1.82) is 0 Å². The molecule has 0 unspecified atom stereocenters. The number of likely N-dealkylation sites (tertiary alicyclic amines) is 1. The Morgan fingerprint density at radius 1 is 1.03 bits per heavy atom. The van der Waals surface area contributed by atoms with Crippen molar-refractivity contribution < 1.29 is 5.11 Å². The van der Waals surface area contributed by atoms with E-state index in [1.165, 1.54) is 60.8 Å². The molecule has 200 valence electrons. The Kier molecular flexibility index (Phi) is 7.14. The quantitative estimate of drug-likeness (QED) is 0.419. The molecule has 5 nitrogen and oxygen atoms in total. The fourth-order valence-corrected chi connectivity index (χ4v) is 7.07. The van der Waals surface area contributed by atoms with Crippen LogP contribution in [0.1, 0.15) is 94.7 Å². The summed E-state index contributed by atoms with van der Waals surface area (Å²) in [6.45, 7) is 12.7. The third-order valence-corrected chi connectivity index (χ3v) is 9.30. The summed E-state index contributed by atoms with van der Waals surface area (Å²) in [5, 5.41) is 11.7. The Hall–Kier alpha value is -2.37. The van der Waals surface area contributed by atoms with E-state index in [-0.39, 0.29) is 5.56 Å². The lowest BCUT2D eigenvalue weighted by atomic mass is 9.76. The number of pyridine rings is 1. The van der Waals surface area contributed by atoms with Crippen LogP contribution in [0.3, 0.4) is 0 Å². The molecule has 0 radical (unpaired) electrons. The van der Waals surface area contributed by atoms with Gasteiger partial charge < -0.3 is 19.6 Å². The van der Waals surface area contributed by atoms with Gasteiger partial charge in [0.25, 0.3) is 5.56 Å². The maximum Gasteiger partial charge on any atom is 0.253 e. The lowest BCUT2D eigenvalue weighted by molar-refractivity contribution is -0.0143. The van der Waals surface area contributed by atoms with Crippen molar-refractivity contribution in [3.63, 3.8) is 0 Å². The monoisotopic (exact) mass is 503 g/mol. The lowest BCUT2D eigenvalue weighted by Crippen LogP contribution is -2.45. The molecule has 0 spiro atoms. The fourth-order valence-electron chi connectivity index (χ4n) is 7.07. The van der Waals surface area contributed by atoms with Gasteiger partial charge >= 0.3 is 0 Å². The van der Waals surface area contributed by atoms with Gasteiger partial charge in [-0.05, 0) is 119 Å². The van der Waals surface area contributed by atoms with E-state index >= 15 is 0 Å². The minimum absolute atomic E-state index is 0.0601. The van der Waals surface area contributed by atoms with Crippen LogP contribution >= 0.6 is 0 Å². The molecule has 2 aromatic heterocycles. The van der Waals surface area contributed by atoms with Crippen LogP contribution in [0.25, 0.3) is 22.2 Å². The first-order chi connectivity index (χ1) is 17.5. The number of H-pyrrole nitrogens is 1. The summed E-state index contributed by atoms with van der Waals surface area (Å²) in [5.41, 5.74) is 6.48.